The van der Waals surface area contributed by atoms with Gasteiger partial charge in [-0.15, -0.1) is 0 Å². The molecular formula is C30H40N4O4. The summed E-state index contributed by atoms with van der Waals surface area (Å²) in [7, 11) is 1.83. The van der Waals surface area contributed by atoms with Crippen LogP contribution in [0.4, 0.5) is 0 Å². The van der Waals surface area contributed by atoms with Gasteiger partial charge in [-0.2, -0.15) is 0 Å². The molecule has 8 nitrogen and oxygen atoms in total. The van der Waals surface area contributed by atoms with E-state index < -0.39 is 22.9 Å². The Bertz CT molecular complexity index is 1120. The summed E-state index contributed by atoms with van der Waals surface area (Å²) in [6.07, 6.45) is 1.86. The van der Waals surface area contributed by atoms with Gasteiger partial charge < -0.3 is 25.6 Å². The van der Waals surface area contributed by atoms with E-state index >= 15 is 0 Å². The molecule has 2 aliphatic heterocycles. The van der Waals surface area contributed by atoms with Crippen molar-refractivity contribution in [3.8, 4) is 0 Å². The minimum Gasteiger partial charge on any atom is -0.374 e. The van der Waals surface area contributed by atoms with Crippen molar-refractivity contribution >= 4 is 17.7 Å². The van der Waals surface area contributed by atoms with Crippen LogP contribution in [0.15, 0.2) is 60.7 Å². The first-order valence-corrected chi connectivity index (χ1v) is 13.5. The second-order valence-corrected chi connectivity index (χ2v) is 11.0. The number of nitrogens with zero attached hydrogens (tertiary/aromatic N) is 2. The van der Waals surface area contributed by atoms with Gasteiger partial charge in [0.1, 0.15) is 6.04 Å². The number of piperidine rings is 1. The van der Waals surface area contributed by atoms with Gasteiger partial charge in [-0.3, -0.25) is 14.4 Å². The first-order chi connectivity index (χ1) is 18.2. The Hall–Kier alpha value is -3.23. The number of benzene rings is 2. The molecule has 204 valence electrons. The topological polar surface area (TPSA) is 105 Å². The van der Waals surface area contributed by atoms with E-state index in [1.54, 1.807) is 16.7 Å². The molecule has 4 rings (SSSR count). The predicted molar refractivity (Wildman–Crippen MR) is 146 cm³/mol. The van der Waals surface area contributed by atoms with Crippen molar-refractivity contribution in [3.63, 3.8) is 0 Å². The number of carbonyl (C=O) groups is 3. The zero-order valence-electron chi connectivity index (χ0n) is 22.7. The lowest BCUT2D eigenvalue weighted by molar-refractivity contribution is -0.147. The minimum atomic E-state index is -1.11. The largest absolute Gasteiger partial charge is 0.374 e. The van der Waals surface area contributed by atoms with E-state index in [2.05, 4.69) is 17.4 Å². The third-order valence-corrected chi connectivity index (χ3v) is 8.19. The number of amides is 3. The summed E-state index contributed by atoms with van der Waals surface area (Å²) in [6, 6.07) is 18.9. The monoisotopic (exact) mass is 520 g/mol. The van der Waals surface area contributed by atoms with Gasteiger partial charge in [-0.05, 0) is 37.3 Å². The molecule has 2 aromatic rings. The van der Waals surface area contributed by atoms with Crippen LogP contribution < -0.4 is 11.1 Å². The van der Waals surface area contributed by atoms with Crippen LogP contribution >= 0.6 is 0 Å². The maximum Gasteiger partial charge on any atom is 0.247 e. The average molecular weight is 521 g/mol. The lowest BCUT2D eigenvalue weighted by atomic mass is 9.69. The van der Waals surface area contributed by atoms with Crippen LogP contribution in [0.5, 0.6) is 0 Å². The van der Waals surface area contributed by atoms with Crippen molar-refractivity contribution in [2.75, 3.05) is 33.3 Å². The third kappa shape index (κ3) is 5.76. The Morgan fingerprint density at radius 1 is 1.16 bits per heavy atom. The molecule has 3 unspecified atom stereocenters. The third-order valence-electron chi connectivity index (χ3n) is 8.19. The second kappa shape index (κ2) is 11.7. The Labute approximate surface area is 225 Å². The van der Waals surface area contributed by atoms with Crippen LogP contribution in [0.1, 0.15) is 50.2 Å². The van der Waals surface area contributed by atoms with Crippen LogP contribution in [-0.4, -0.2) is 72.4 Å². The molecule has 0 radical (unpaired) electrons. The lowest BCUT2D eigenvalue weighted by Crippen LogP contribution is -2.61. The molecule has 2 aromatic carbocycles. The number of likely N-dealkylation sites (N-methyl/N-ethyl adjacent to an activating group) is 1. The van der Waals surface area contributed by atoms with Crippen molar-refractivity contribution in [2.45, 2.75) is 57.2 Å². The van der Waals surface area contributed by atoms with Crippen LogP contribution in [0.25, 0.3) is 0 Å². The first-order valence-electron chi connectivity index (χ1n) is 13.5. The molecule has 8 heteroatoms. The summed E-state index contributed by atoms with van der Waals surface area (Å²) in [5.41, 5.74) is 6.48. The van der Waals surface area contributed by atoms with E-state index in [0.717, 1.165) is 17.5 Å². The zero-order valence-corrected chi connectivity index (χ0v) is 22.7. The van der Waals surface area contributed by atoms with Crippen molar-refractivity contribution in [1.82, 2.24) is 15.1 Å². The molecule has 2 heterocycles. The van der Waals surface area contributed by atoms with Crippen molar-refractivity contribution in [3.05, 3.63) is 71.8 Å². The summed E-state index contributed by atoms with van der Waals surface area (Å²) in [6.45, 7) is 5.28. The number of nitrogens with one attached hydrogen (secondary N) is 1. The Balaban J connectivity index is 1.55. The molecular weight excluding hydrogens is 480 g/mol. The summed E-state index contributed by atoms with van der Waals surface area (Å²) in [5, 5.41) is 2.86. The Kier molecular flexibility index (Phi) is 8.53. The number of hydrogen-bond donors (Lipinski definition) is 2. The molecule has 0 bridgehead atoms. The highest BCUT2D eigenvalue weighted by Gasteiger charge is 2.55. The fourth-order valence-corrected chi connectivity index (χ4v) is 5.65. The molecule has 4 atom stereocenters. The van der Waals surface area contributed by atoms with Crippen LogP contribution in [-0.2, 0) is 25.7 Å². The number of hydrogen-bond acceptors (Lipinski definition) is 5. The Morgan fingerprint density at radius 2 is 1.82 bits per heavy atom. The summed E-state index contributed by atoms with van der Waals surface area (Å²) < 4.78 is 5.91. The molecule has 0 saturated carbocycles. The molecule has 38 heavy (non-hydrogen) atoms. The molecule has 2 saturated heterocycles. The zero-order chi connectivity index (χ0) is 27.3. The van der Waals surface area contributed by atoms with Crippen LogP contribution in [0.2, 0.25) is 0 Å². The average Bonchev–Trinajstić information content (AvgIpc) is 3.17. The smallest absolute Gasteiger partial charge is 0.247 e. The maximum atomic E-state index is 13.9. The summed E-state index contributed by atoms with van der Waals surface area (Å²) in [4.78, 5) is 44.0. The molecule has 3 N–H and O–H groups in total. The van der Waals surface area contributed by atoms with E-state index in [9.17, 15) is 14.4 Å². The summed E-state index contributed by atoms with van der Waals surface area (Å²) in [5.74, 6) is -0.573. The van der Waals surface area contributed by atoms with Crippen LogP contribution in [0.3, 0.4) is 0 Å². The van der Waals surface area contributed by atoms with Gasteiger partial charge in [0, 0.05) is 32.6 Å². The highest BCUT2D eigenvalue weighted by Crippen LogP contribution is 2.49. The SMILES string of the molecule is CCC(C)(N)C(=O)N[C@H](COCc1ccccc1)C(=O)N1CCCC2(C1)C(=O)N(C)CC2c1ccccc1. The highest BCUT2D eigenvalue weighted by atomic mass is 16.5. The van der Waals surface area contributed by atoms with Crippen molar-refractivity contribution < 1.29 is 19.1 Å². The van der Waals surface area contributed by atoms with Gasteiger partial charge in [-0.1, -0.05) is 67.6 Å². The molecule has 2 aliphatic rings. The van der Waals surface area contributed by atoms with Gasteiger partial charge in [0.15, 0.2) is 0 Å². The fourth-order valence-electron chi connectivity index (χ4n) is 5.65. The van der Waals surface area contributed by atoms with Gasteiger partial charge >= 0.3 is 0 Å². The standard InChI is InChI=1S/C30H40N4O4/c1-4-29(2,31)27(36)32-25(20-38-19-22-12-7-5-8-13-22)26(35)34-17-11-16-30(21-34)24(18-33(3)28(30)37)23-14-9-6-10-15-23/h5-10,12-15,24-25H,4,11,16-21,31H2,1-3H3,(H,32,36)/t24?,25-,29?,30?/m1/s1. The Morgan fingerprint density at radius 3 is 2.47 bits per heavy atom. The number of ether oxygens (including phenoxy) is 1. The predicted octanol–water partition coefficient (Wildman–Crippen LogP) is 2.68. The van der Waals surface area contributed by atoms with Crippen molar-refractivity contribution in [2.24, 2.45) is 11.1 Å². The fraction of sp³-hybridized carbons (Fsp3) is 0.500. The molecule has 0 aliphatic carbocycles. The molecule has 3 amide bonds. The number of likely N-dealkylation sites (tertiary alicyclic amines) is 2. The molecule has 1 spiro atoms. The highest BCUT2D eigenvalue weighted by molar-refractivity contribution is 5.93. The molecule has 0 aromatic heterocycles. The number of carbonyl (C=O) groups excluding carboxylic acids is 3. The maximum absolute atomic E-state index is 13.9. The van der Waals surface area contributed by atoms with E-state index in [0.29, 0.717) is 39.1 Å². The quantitative estimate of drug-likeness (QED) is 0.529. The first kappa shape index (κ1) is 27.8. The van der Waals surface area contributed by atoms with E-state index in [1.165, 1.54) is 0 Å². The number of nitrogens with two attached hydrogens (primary N) is 1. The molecule has 2 fully saturated rings. The normalized spacial score (nSPS) is 23.8. The van der Waals surface area contributed by atoms with Gasteiger partial charge in [-0.25, -0.2) is 0 Å². The van der Waals surface area contributed by atoms with E-state index in [1.807, 2.05) is 62.5 Å². The lowest BCUT2D eigenvalue weighted by Gasteiger charge is -2.43. The summed E-state index contributed by atoms with van der Waals surface area (Å²) >= 11 is 0. The van der Waals surface area contributed by atoms with E-state index in [4.69, 9.17) is 10.5 Å². The second-order valence-electron chi connectivity index (χ2n) is 11.0. The van der Waals surface area contributed by atoms with Gasteiger partial charge in [0.2, 0.25) is 17.7 Å². The van der Waals surface area contributed by atoms with Crippen LogP contribution in [0, 0.1) is 5.41 Å². The number of rotatable bonds is 9. The van der Waals surface area contributed by atoms with Crippen molar-refractivity contribution in [1.29, 1.82) is 0 Å². The van der Waals surface area contributed by atoms with E-state index in [-0.39, 0.29) is 24.3 Å². The van der Waals surface area contributed by atoms with Gasteiger partial charge in [0.05, 0.1) is 24.2 Å². The van der Waals surface area contributed by atoms with Gasteiger partial charge in [0.25, 0.3) is 0 Å². The minimum absolute atomic E-state index is 0.00778.